The van der Waals surface area contributed by atoms with E-state index in [2.05, 4.69) is 24.1 Å². The van der Waals surface area contributed by atoms with E-state index in [1.165, 1.54) is 0 Å². The van der Waals surface area contributed by atoms with Crippen LogP contribution in [0.2, 0.25) is 0 Å². The Labute approximate surface area is 91.0 Å². The van der Waals surface area contributed by atoms with Crippen molar-refractivity contribution in [2.45, 2.75) is 38.7 Å². The fourth-order valence-corrected chi connectivity index (χ4v) is 2.11. The Kier molecular flexibility index (Phi) is 4.46. The van der Waals surface area contributed by atoms with Gasteiger partial charge in [-0.05, 0) is 25.9 Å². The molecule has 1 unspecified atom stereocenters. The second-order valence-electron chi connectivity index (χ2n) is 4.96. The molecule has 1 atom stereocenters. The third-order valence-electron chi connectivity index (χ3n) is 2.84. The largest absolute Gasteiger partial charge is 0.308 e. The van der Waals surface area contributed by atoms with Gasteiger partial charge in [-0.2, -0.15) is 0 Å². The van der Waals surface area contributed by atoms with Crippen LogP contribution >= 0.6 is 0 Å². The molecule has 0 aromatic heterocycles. The van der Waals surface area contributed by atoms with Crippen LogP contribution in [0, 0.1) is 5.92 Å². The van der Waals surface area contributed by atoms with E-state index in [0.717, 1.165) is 13.1 Å². The molecule has 0 aromatic rings. The van der Waals surface area contributed by atoms with Gasteiger partial charge in [0.05, 0.1) is 6.04 Å². The number of hydrogen-bond acceptors (Lipinski definition) is 2. The molecular weight excluding hydrogens is 198 g/mol. The first kappa shape index (κ1) is 12.8. The van der Waals surface area contributed by atoms with Gasteiger partial charge in [0.2, 0.25) is 0 Å². The first-order chi connectivity index (χ1) is 6.92. The molecule has 1 rings (SSSR count). The number of nitrogens with zero attached hydrogens (tertiary/aromatic N) is 1. The minimum absolute atomic E-state index is 0.00837. The quantitative estimate of drug-likeness (QED) is 0.762. The van der Waals surface area contributed by atoms with Crippen LogP contribution in [0.25, 0.3) is 0 Å². The van der Waals surface area contributed by atoms with Gasteiger partial charge in [0.15, 0.2) is 0 Å². The fraction of sp³-hybridized carbons (Fsp3) is 1.00. The van der Waals surface area contributed by atoms with Crippen molar-refractivity contribution in [3.8, 4) is 0 Å². The number of rotatable bonds is 5. The molecule has 1 saturated heterocycles. The zero-order valence-corrected chi connectivity index (χ0v) is 9.89. The normalized spacial score (nSPS) is 25.4. The molecule has 0 aliphatic carbocycles. The van der Waals surface area contributed by atoms with Gasteiger partial charge in [0, 0.05) is 19.5 Å². The van der Waals surface area contributed by atoms with Gasteiger partial charge in [-0.15, -0.1) is 0 Å². The molecule has 90 valence electrons. The van der Waals surface area contributed by atoms with Crippen LogP contribution in [0.1, 0.15) is 26.7 Å². The minimum atomic E-state index is -2.50. The van der Waals surface area contributed by atoms with Crippen LogP contribution in [-0.2, 0) is 0 Å². The third kappa shape index (κ3) is 4.03. The van der Waals surface area contributed by atoms with Crippen molar-refractivity contribution in [3.63, 3.8) is 0 Å². The van der Waals surface area contributed by atoms with Crippen molar-refractivity contribution in [1.29, 1.82) is 0 Å². The summed E-state index contributed by atoms with van der Waals surface area (Å²) in [4.78, 5) is 2.13. The molecule has 0 radical (unpaired) electrons. The number of halogens is 2. The Hall–Kier alpha value is -0.220. The van der Waals surface area contributed by atoms with Gasteiger partial charge in [-0.3, -0.25) is 0 Å². The van der Waals surface area contributed by atoms with E-state index in [4.69, 9.17) is 0 Å². The summed E-state index contributed by atoms with van der Waals surface area (Å²) in [7, 11) is 1.99. The Morgan fingerprint density at radius 1 is 1.47 bits per heavy atom. The number of hydrogen-bond donors (Lipinski definition) is 1. The van der Waals surface area contributed by atoms with Crippen LogP contribution in [0.4, 0.5) is 8.78 Å². The average Bonchev–Trinajstić information content (AvgIpc) is 2.40. The van der Waals surface area contributed by atoms with Crippen LogP contribution in [0.3, 0.4) is 0 Å². The zero-order valence-electron chi connectivity index (χ0n) is 9.89. The Bertz CT molecular complexity index is 195. The summed E-state index contributed by atoms with van der Waals surface area (Å²) in [5, 5.41) is 2.88. The van der Waals surface area contributed by atoms with Gasteiger partial charge < -0.3 is 10.2 Å². The lowest BCUT2D eigenvalue weighted by atomic mass is 10.1. The molecule has 0 amide bonds. The molecule has 0 aromatic carbocycles. The summed E-state index contributed by atoms with van der Waals surface area (Å²) in [6, 6.07) is -0.618. The molecule has 0 bridgehead atoms. The number of alkyl halides is 2. The van der Waals surface area contributed by atoms with E-state index in [-0.39, 0.29) is 6.42 Å². The molecule has 1 N–H and O–H groups in total. The molecule has 15 heavy (non-hydrogen) atoms. The van der Waals surface area contributed by atoms with Crippen LogP contribution in [0.5, 0.6) is 0 Å². The predicted octanol–water partition coefficient (Wildman–Crippen LogP) is 1.96. The van der Waals surface area contributed by atoms with Gasteiger partial charge in [0.1, 0.15) is 0 Å². The fourth-order valence-electron chi connectivity index (χ4n) is 2.11. The molecule has 0 saturated carbocycles. The molecule has 2 nitrogen and oxygen atoms in total. The lowest BCUT2D eigenvalue weighted by molar-refractivity contribution is -0.0151. The zero-order chi connectivity index (χ0) is 11.5. The maximum atomic E-state index is 13.2. The van der Waals surface area contributed by atoms with Crippen molar-refractivity contribution >= 4 is 0 Å². The van der Waals surface area contributed by atoms with Gasteiger partial charge >= 0.3 is 0 Å². The Balaban J connectivity index is 2.25. The summed E-state index contributed by atoms with van der Waals surface area (Å²) >= 11 is 0. The summed E-state index contributed by atoms with van der Waals surface area (Å²) in [5.74, 6) is -1.91. The van der Waals surface area contributed by atoms with Crippen LogP contribution in [-0.4, -0.2) is 43.5 Å². The summed E-state index contributed by atoms with van der Waals surface area (Å²) in [6.45, 7) is 6.44. The van der Waals surface area contributed by atoms with E-state index in [1.54, 1.807) is 0 Å². The van der Waals surface area contributed by atoms with Crippen molar-refractivity contribution in [2.24, 2.45) is 5.92 Å². The van der Waals surface area contributed by atoms with Crippen molar-refractivity contribution < 1.29 is 8.78 Å². The van der Waals surface area contributed by atoms with E-state index in [0.29, 0.717) is 18.9 Å². The van der Waals surface area contributed by atoms with E-state index >= 15 is 0 Å². The molecule has 1 aliphatic heterocycles. The highest BCUT2D eigenvalue weighted by molar-refractivity contribution is 4.90. The number of nitrogens with one attached hydrogen (secondary N) is 1. The lowest BCUT2D eigenvalue weighted by Crippen LogP contribution is -2.38. The highest BCUT2D eigenvalue weighted by Gasteiger charge is 2.43. The summed E-state index contributed by atoms with van der Waals surface area (Å²) in [6.07, 6.45) is 0.530. The maximum absolute atomic E-state index is 13.2. The summed E-state index contributed by atoms with van der Waals surface area (Å²) in [5.41, 5.74) is 0. The molecular formula is C11H22F2N2. The van der Waals surface area contributed by atoms with Crippen molar-refractivity contribution in [2.75, 3.05) is 26.7 Å². The smallest absolute Gasteiger partial charge is 0.264 e. The first-order valence-electron chi connectivity index (χ1n) is 5.71. The van der Waals surface area contributed by atoms with E-state index < -0.39 is 12.0 Å². The second-order valence-corrected chi connectivity index (χ2v) is 4.96. The highest BCUT2D eigenvalue weighted by Crippen LogP contribution is 2.29. The topological polar surface area (TPSA) is 15.3 Å². The molecule has 1 aliphatic rings. The van der Waals surface area contributed by atoms with E-state index in [1.807, 2.05) is 7.05 Å². The summed E-state index contributed by atoms with van der Waals surface area (Å²) < 4.78 is 26.5. The molecule has 1 heterocycles. The third-order valence-corrected chi connectivity index (χ3v) is 2.84. The molecule has 1 fully saturated rings. The first-order valence-corrected chi connectivity index (χ1v) is 5.71. The van der Waals surface area contributed by atoms with Gasteiger partial charge in [-0.1, -0.05) is 13.8 Å². The van der Waals surface area contributed by atoms with Crippen molar-refractivity contribution in [3.05, 3.63) is 0 Å². The Morgan fingerprint density at radius 2 is 2.13 bits per heavy atom. The molecule has 0 spiro atoms. The minimum Gasteiger partial charge on any atom is -0.308 e. The second kappa shape index (κ2) is 5.21. The van der Waals surface area contributed by atoms with Gasteiger partial charge in [0.25, 0.3) is 5.92 Å². The lowest BCUT2D eigenvalue weighted by Gasteiger charge is -2.23. The monoisotopic (exact) mass is 220 g/mol. The maximum Gasteiger partial charge on any atom is 0.264 e. The highest BCUT2D eigenvalue weighted by atomic mass is 19.3. The van der Waals surface area contributed by atoms with Crippen LogP contribution < -0.4 is 5.32 Å². The SMILES string of the molecule is CC(C)CN(C)CCC1NCCC1(F)F. The predicted molar refractivity (Wildman–Crippen MR) is 58.3 cm³/mol. The van der Waals surface area contributed by atoms with Crippen molar-refractivity contribution in [1.82, 2.24) is 10.2 Å². The van der Waals surface area contributed by atoms with E-state index in [9.17, 15) is 8.78 Å². The standard InChI is InChI=1S/C11H22F2N2/c1-9(2)8-15(3)7-4-10-11(12,13)5-6-14-10/h9-10,14H,4-8H2,1-3H3. The average molecular weight is 220 g/mol. The Morgan fingerprint density at radius 3 is 2.60 bits per heavy atom. The van der Waals surface area contributed by atoms with Gasteiger partial charge in [-0.25, -0.2) is 8.78 Å². The molecule has 4 heteroatoms. The van der Waals surface area contributed by atoms with Crippen LogP contribution in [0.15, 0.2) is 0 Å².